The molecule has 31 heavy (non-hydrogen) atoms. The molecule has 8 nitrogen and oxygen atoms in total. The van der Waals surface area contributed by atoms with E-state index >= 15 is 0 Å². The second kappa shape index (κ2) is 13.4. The summed E-state index contributed by atoms with van der Waals surface area (Å²) in [5, 5.41) is 17.3. The third-order valence-electron chi connectivity index (χ3n) is 5.46. The van der Waals surface area contributed by atoms with E-state index in [2.05, 4.69) is 25.5 Å². The molecule has 0 aromatic carbocycles. The maximum Gasteiger partial charge on any atom is 0.213 e. The minimum atomic E-state index is -0.853. The first-order valence-electron chi connectivity index (χ1n) is 11.2. The molecule has 1 aromatic heterocycles. The number of β-amino-alcohol motifs (C(OH)–C–C–N with tert-alkyl or cyclic N) is 1. The van der Waals surface area contributed by atoms with Gasteiger partial charge in [-0.2, -0.15) is 0 Å². The first kappa shape index (κ1) is 26.1. The highest BCUT2D eigenvalue weighted by Gasteiger charge is 2.25. The van der Waals surface area contributed by atoms with E-state index < -0.39 is 5.60 Å². The van der Waals surface area contributed by atoms with Crippen LogP contribution in [0.5, 0.6) is 5.88 Å². The van der Waals surface area contributed by atoms with Crippen LogP contribution in [0.4, 0.5) is 0 Å². The van der Waals surface area contributed by atoms with Gasteiger partial charge >= 0.3 is 0 Å². The van der Waals surface area contributed by atoms with Gasteiger partial charge in [-0.15, -0.1) is 24.0 Å². The van der Waals surface area contributed by atoms with Crippen molar-refractivity contribution in [1.82, 2.24) is 20.5 Å². The lowest BCUT2D eigenvalue weighted by atomic mass is 10.1. The van der Waals surface area contributed by atoms with Gasteiger partial charge < -0.3 is 25.2 Å². The van der Waals surface area contributed by atoms with Gasteiger partial charge in [0.1, 0.15) is 6.10 Å². The number of ether oxygens (including phenoxy) is 2. The normalized spacial score (nSPS) is 20.0. The molecule has 3 N–H and O–H groups in total. The summed E-state index contributed by atoms with van der Waals surface area (Å²) in [5.74, 6) is 1.38. The van der Waals surface area contributed by atoms with Crippen LogP contribution in [0.3, 0.4) is 0 Å². The van der Waals surface area contributed by atoms with Crippen LogP contribution >= 0.6 is 24.0 Å². The van der Waals surface area contributed by atoms with Crippen LogP contribution in [0.2, 0.25) is 0 Å². The highest BCUT2D eigenvalue weighted by molar-refractivity contribution is 14.0. The number of hydrogen-bond acceptors (Lipinski definition) is 6. The van der Waals surface area contributed by atoms with Crippen LogP contribution in [0, 0.1) is 0 Å². The molecule has 1 saturated heterocycles. The topological polar surface area (TPSA) is 91.2 Å². The average Bonchev–Trinajstić information content (AvgIpc) is 3.25. The molecule has 0 spiro atoms. The van der Waals surface area contributed by atoms with Gasteiger partial charge in [-0.05, 0) is 45.1 Å². The summed E-state index contributed by atoms with van der Waals surface area (Å²) in [6.07, 6.45) is 6.89. The number of aromatic nitrogens is 1. The molecule has 1 unspecified atom stereocenters. The Hall–Kier alpha value is -1.17. The predicted octanol–water partition coefficient (Wildman–Crippen LogP) is 2.16. The molecule has 0 bridgehead atoms. The zero-order valence-corrected chi connectivity index (χ0v) is 21.1. The van der Waals surface area contributed by atoms with Crippen LogP contribution < -0.4 is 15.4 Å². The number of morpholine rings is 1. The number of nitrogens with one attached hydrogen (secondary N) is 2. The van der Waals surface area contributed by atoms with Crippen LogP contribution in [0.1, 0.15) is 45.1 Å². The summed E-state index contributed by atoms with van der Waals surface area (Å²) in [7, 11) is 0. The van der Waals surface area contributed by atoms with E-state index in [-0.39, 0.29) is 24.0 Å². The highest BCUT2D eigenvalue weighted by atomic mass is 127. The van der Waals surface area contributed by atoms with Crippen molar-refractivity contribution in [2.45, 2.75) is 57.8 Å². The molecule has 2 fully saturated rings. The van der Waals surface area contributed by atoms with Gasteiger partial charge in [0.05, 0.1) is 25.4 Å². The molecule has 1 aromatic rings. The van der Waals surface area contributed by atoms with E-state index in [4.69, 9.17) is 9.47 Å². The van der Waals surface area contributed by atoms with E-state index in [0.717, 1.165) is 51.3 Å². The first-order valence-corrected chi connectivity index (χ1v) is 11.2. The Bertz CT molecular complexity index is 660. The summed E-state index contributed by atoms with van der Waals surface area (Å²) in [4.78, 5) is 11.3. The monoisotopic (exact) mass is 547 g/mol. The summed E-state index contributed by atoms with van der Waals surface area (Å²) < 4.78 is 11.3. The van der Waals surface area contributed by atoms with Gasteiger partial charge in [-0.25, -0.2) is 9.98 Å². The molecular formula is C22H38IN5O3. The molecule has 2 aliphatic rings. The first-order chi connectivity index (χ1) is 14.5. The van der Waals surface area contributed by atoms with Gasteiger partial charge in [0.15, 0.2) is 5.96 Å². The summed E-state index contributed by atoms with van der Waals surface area (Å²) >= 11 is 0. The molecule has 1 aliphatic heterocycles. The Morgan fingerprint density at radius 2 is 2.03 bits per heavy atom. The van der Waals surface area contributed by atoms with Crippen molar-refractivity contribution < 1.29 is 14.6 Å². The third kappa shape index (κ3) is 9.46. The van der Waals surface area contributed by atoms with E-state index in [1.807, 2.05) is 32.2 Å². The molecule has 0 amide bonds. The number of rotatable bonds is 9. The van der Waals surface area contributed by atoms with Crippen LogP contribution in [0.25, 0.3) is 0 Å². The van der Waals surface area contributed by atoms with E-state index in [1.165, 1.54) is 12.8 Å². The molecule has 0 radical (unpaired) electrons. The largest absolute Gasteiger partial charge is 0.474 e. The quantitative estimate of drug-likeness (QED) is 0.248. The van der Waals surface area contributed by atoms with Crippen molar-refractivity contribution in [2.75, 3.05) is 45.9 Å². The molecule has 2 heterocycles. The lowest BCUT2D eigenvalue weighted by molar-refractivity contribution is -0.0201. The zero-order chi connectivity index (χ0) is 21.2. The van der Waals surface area contributed by atoms with Crippen LogP contribution in [-0.2, 0) is 11.3 Å². The van der Waals surface area contributed by atoms with Crippen molar-refractivity contribution in [3.05, 3.63) is 23.9 Å². The van der Waals surface area contributed by atoms with Gasteiger partial charge in [-0.3, -0.25) is 4.90 Å². The van der Waals surface area contributed by atoms with Crippen molar-refractivity contribution in [2.24, 2.45) is 4.99 Å². The number of aliphatic imine (C=N–C) groups is 1. The number of pyridine rings is 1. The number of aliphatic hydroxyl groups is 1. The number of nitrogens with zero attached hydrogens (tertiary/aromatic N) is 3. The molecule has 176 valence electrons. The fourth-order valence-electron chi connectivity index (χ4n) is 3.83. The number of halogens is 1. The minimum Gasteiger partial charge on any atom is -0.474 e. The highest BCUT2D eigenvalue weighted by Crippen LogP contribution is 2.22. The smallest absolute Gasteiger partial charge is 0.213 e. The lowest BCUT2D eigenvalue weighted by Gasteiger charge is -2.34. The maximum absolute atomic E-state index is 10.8. The van der Waals surface area contributed by atoms with E-state index in [1.54, 1.807) is 0 Å². The molecule has 1 atom stereocenters. The van der Waals surface area contributed by atoms with Crippen molar-refractivity contribution in [3.8, 4) is 5.88 Å². The summed E-state index contributed by atoms with van der Waals surface area (Å²) in [5.41, 5.74) is 0.167. The third-order valence-corrected chi connectivity index (χ3v) is 5.46. The molecular weight excluding hydrogens is 509 g/mol. The molecule has 9 heteroatoms. The molecule has 3 rings (SSSR count). The molecule has 1 aliphatic carbocycles. The number of hydrogen-bond donors (Lipinski definition) is 3. The fourth-order valence-corrected chi connectivity index (χ4v) is 3.83. The van der Waals surface area contributed by atoms with Crippen LogP contribution in [-0.4, -0.2) is 78.6 Å². The van der Waals surface area contributed by atoms with E-state index in [0.29, 0.717) is 37.6 Å². The SMILES string of the molecule is CCNC(=NCc1ccc(OC2CCCC2)nc1)NCC(C)(O)CN1CCOCC1.I. The van der Waals surface area contributed by atoms with Gasteiger partial charge in [0.25, 0.3) is 0 Å². The second-order valence-corrected chi connectivity index (χ2v) is 8.46. The lowest BCUT2D eigenvalue weighted by Crippen LogP contribution is -2.52. The second-order valence-electron chi connectivity index (χ2n) is 8.46. The van der Waals surface area contributed by atoms with Crippen LogP contribution in [0.15, 0.2) is 23.3 Å². The standard InChI is InChI=1S/C22H37N5O3.HI/c1-3-23-21(26-16-22(2,28)17-27-10-12-29-13-11-27)25-15-18-8-9-20(24-14-18)30-19-6-4-5-7-19;/h8-9,14,19,28H,3-7,10-13,15-17H2,1-2H3,(H2,23,25,26);1H. The Kier molecular flexibility index (Phi) is 11.3. The van der Waals surface area contributed by atoms with E-state index in [9.17, 15) is 5.11 Å². The van der Waals surface area contributed by atoms with Gasteiger partial charge in [-0.1, -0.05) is 6.07 Å². The minimum absolute atomic E-state index is 0. The Morgan fingerprint density at radius 3 is 2.68 bits per heavy atom. The zero-order valence-electron chi connectivity index (χ0n) is 18.8. The summed E-state index contributed by atoms with van der Waals surface area (Å²) in [6, 6.07) is 3.94. The fraction of sp³-hybridized carbons (Fsp3) is 0.727. The van der Waals surface area contributed by atoms with Crippen molar-refractivity contribution >= 4 is 29.9 Å². The Morgan fingerprint density at radius 1 is 1.29 bits per heavy atom. The van der Waals surface area contributed by atoms with Gasteiger partial charge in [0, 0.05) is 45.0 Å². The summed E-state index contributed by atoms with van der Waals surface area (Å²) in [6.45, 7) is 9.35. The maximum atomic E-state index is 10.8. The predicted molar refractivity (Wildman–Crippen MR) is 133 cm³/mol. The average molecular weight is 547 g/mol. The van der Waals surface area contributed by atoms with Crippen molar-refractivity contribution in [3.63, 3.8) is 0 Å². The van der Waals surface area contributed by atoms with Gasteiger partial charge in [0.2, 0.25) is 5.88 Å². The molecule has 1 saturated carbocycles. The number of guanidine groups is 1. The Labute approximate surface area is 203 Å². The van der Waals surface area contributed by atoms with Crippen molar-refractivity contribution in [1.29, 1.82) is 0 Å². The Balaban J connectivity index is 0.00000341.